The Bertz CT molecular complexity index is 389. The molecule has 19 heavy (non-hydrogen) atoms. The van der Waals surface area contributed by atoms with Crippen molar-refractivity contribution < 1.29 is 4.74 Å². The van der Waals surface area contributed by atoms with Gasteiger partial charge in [-0.05, 0) is 25.0 Å². The molecule has 1 heterocycles. The number of benzene rings is 1. The Labute approximate surface area is 116 Å². The minimum absolute atomic E-state index is 0.588. The van der Waals surface area contributed by atoms with Gasteiger partial charge in [0.1, 0.15) is 5.75 Å². The van der Waals surface area contributed by atoms with Gasteiger partial charge in [0.15, 0.2) is 0 Å². The molecule has 4 heteroatoms. The second-order valence-corrected chi connectivity index (χ2v) is 5.14. The average Bonchev–Trinajstić information content (AvgIpc) is 2.47. The van der Waals surface area contributed by atoms with E-state index in [4.69, 9.17) is 10.5 Å². The first-order chi connectivity index (χ1) is 9.26. The first-order valence-electron chi connectivity index (χ1n) is 7.04. The van der Waals surface area contributed by atoms with E-state index in [-0.39, 0.29) is 0 Å². The highest BCUT2D eigenvalue weighted by Gasteiger charge is 2.23. The molecule has 2 rings (SSSR count). The fraction of sp³-hybridized carbons (Fsp3) is 0.600. The number of anilines is 1. The van der Waals surface area contributed by atoms with Crippen LogP contribution in [0, 0.1) is 0 Å². The van der Waals surface area contributed by atoms with Crippen molar-refractivity contribution in [3.05, 3.63) is 24.3 Å². The molecule has 1 fully saturated rings. The molecule has 0 atom stereocenters. The van der Waals surface area contributed by atoms with Crippen LogP contribution in [0.1, 0.15) is 12.8 Å². The van der Waals surface area contributed by atoms with Crippen LogP contribution in [-0.2, 0) is 0 Å². The monoisotopic (exact) mass is 263 g/mol. The number of nitrogens with zero attached hydrogens (tertiary/aromatic N) is 2. The number of rotatable bonds is 5. The van der Waals surface area contributed by atoms with Gasteiger partial charge < -0.3 is 20.3 Å². The third-order valence-corrected chi connectivity index (χ3v) is 4.02. The summed E-state index contributed by atoms with van der Waals surface area (Å²) in [6.07, 6.45) is 2.38. The molecular weight excluding hydrogens is 238 g/mol. The van der Waals surface area contributed by atoms with Gasteiger partial charge in [0.25, 0.3) is 0 Å². The fourth-order valence-electron chi connectivity index (χ4n) is 2.83. The lowest BCUT2D eigenvalue weighted by molar-refractivity contribution is 0.216. The minimum Gasteiger partial charge on any atom is -0.495 e. The molecule has 0 bridgehead atoms. The lowest BCUT2D eigenvalue weighted by atomic mass is 10.0. The van der Waals surface area contributed by atoms with E-state index in [1.165, 1.54) is 18.5 Å². The molecule has 0 aliphatic carbocycles. The van der Waals surface area contributed by atoms with E-state index in [0.29, 0.717) is 6.04 Å². The van der Waals surface area contributed by atoms with E-state index in [0.717, 1.165) is 31.9 Å². The molecule has 0 aromatic heterocycles. The van der Waals surface area contributed by atoms with Gasteiger partial charge in [0.05, 0.1) is 12.8 Å². The maximum Gasteiger partial charge on any atom is 0.142 e. The Morgan fingerprint density at radius 1 is 1.32 bits per heavy atom. The van der Waals surface area contributed by atoms with Crippen molar-refractivity contribution in [2.75, 3.05) is 45.2 Å². The number of likely N-dealkylation sites (tertiary alicyclic amines) is 1. The van der Waals surface area contributed by atoms with Gasteiger partial charge in [-0.25, -0.2) is 0 Å². The van der Waals surface area contributed by atoms with Crippen molar-refractivity contribution >= 4 is 5.69 Å². The van der Waals surface area contributed by atoms with Crippen molar-refractivity contribution in [1.82, 2.24) is 4.90 Å². The molecule has 0 saturated carbocycles. The quantitative estimate of drug-likeness (QED) is 0.875. The van der Waals surface area contributed by atoms with Crippen molar-refractivity contribution in [2.45, 2.75) is 18.9 Å². The van der Waals surface area contributed by atoms with Crippen molar-refractivity contribution in [2.24, 2.45) is 5.73 Å². The Morgan fingerprint density at radius 3 is 2.63 bits per heavy atom. The first kappa shape index (κ1) is 14.2. The largest absolute Gasteiger partial charge is 0.495 e. The topological polar surface area (TPSA) is 41.7 Å². The molecule has 2 N–H and O–H groups in total. The second-order valence-electron chi connectivity index (χ2n) is 5.14. The Balaban J connectivity index is 1.99. The maximum atomic E-state index is 5.61. The highest BCUT2D eigenvalue weighted by atomic mass is 16.5. The van der Waals surface area contributed by atoms with Gasteiger partial charge in [0.2, 0.25) is 0 Å². The van der Waals surface area contributed by atoms with E-state index in [9.17, 15) is 0 Å². The van der Waals surface area contributed by atoms with Crippen LogP contribution in [0.4, 0.5) is 5.69 Å². The highest BCUT2D eigenvalue weighted by molar-refractivity contribution is 5.58. The average molecular weight is 263 g/mol. The molecule has 106 valence electrons. The molecule has 0 spiro atoms. The zero-order chi connectivity index (χ0) is 13.7. The standard InChI is InChI=1S/C15H25N3O/c1-17(14-5-3-4-6-15(14)19-2)13-7-10-18(11-8-13)12-9-16/h3-6,13H,7-12,16H2,1-2H3. The predicted octanol–water partition coefficient (Wildman–Crippen LogP) is 1.55. The van der Waals surface area contributed by atoms with Crippen LogP contribution in [0.5, 0.6) is 5.75 Å². The fourth-order valence-corrected chi connectivity index (χ4v) is 2.83. The van der Waals surface area contributed by atoms with Crippen LogP contribution in [0.15, 0.2) is 24.3 Å². The van der Waals surface area contributed by atoms with Crippen molar-refractivity contribution in [1.29, 1.82) is 0 Å². The van der Waals surface area contributed by atoms with E-state index < -0.39 is 0 Å². The van der Waals surface area contributed by atoms with Crippen molar-refractivity contribution in [3.8, 4) is 5.75 Å². The number of hydrogen-bond acceptors (Lipinski definition) is 4. The summed E-state index contributed by atoms with van der Waals surface area (Å²) in [5, 5.41) is 0. The van der Waals surface area contributed by atoms with Gasteiger partial charge >= 0.3 is 0 Å². The number of nitrogens with two attached hydrogens (primary N) is 1. The second kappa shape index (κ2) is 6.78. The van der Waals surface area contributed by atoms with Crippen LogP contribution in [-0.4, -0.2) is 51.3 Å². The zero-order valence-electron chi connectivity index (χ0n) is 12.0. The third kappa shape index (κ3) is 3.39. The summed E-state index contributed by atoms with van der Waals surface area (Å²) < 4.78 is 5.45. The van der Waals surface area contributed by atoms with E-state index in [2.05, 4.69) is 29.0 Å². The normalized spacial score (nSPS) is 17.4. The molecule has 1 aromatic carbocycles. The molecular formula is C15H25N3O. The maximum absolute atomic E-state index is 5.61. The lowest BCUT2D eigenvalue weighted by Crippen LogP contribution is -2.44. The van der Waals surface area contributed by atoms with Gasteiger partial charge in [-0.1, -0.05) is 12.1 Å². The number of ether oxygens (including phenoxy) is 1. The summed E-state index contributed by atoms with van der Waals surface area (Å²) >= 11 is 0. The molecule has 0 amide bonds. The molecule has 1 saturated heterocycles. The first-order valence-corrected chi connectivity index (χ1v) is 7.04. The van der Waals surface area contributed by atoms with Crippen LogP contribution in [0.25, 0.3) is 0 Å². The lowest BCUT2D eigenvalue weighted by Gasteiger charge is -2.38. The molecule has 1 aliphatic rings. The Hall–Kier alpha value is -1.26. The Kier molecular flexibility index (Phi) is 5.05. The zero-order valence-corrected chi connectivity index (χ0v) is 12.0. The van der Waals surface area contributed by atoms with Gasteiger partial charge in [-0.15, -0.1) is 0 Å². The number of para-hydroxylation sites is 2. The SMILES string of the molecule is COc1ccccc1N(C)C1CCN(CCN)CC1. The summed E-state index contributed by atoms with van der Waals surface area (Å²) in [7, 11) is 3.90. The Morgan fingerprint density at radius 2 is 2.00 bits per heavy atom. The third-order valence-electron chi connectivity index (χ3n) is 4.02. The summed E-state index contributed by atoms with van der Waals surface area (Å²) in [5.74, 6) is 0.953. The van der Waals surface area contributed by atoms with Gasteiger partial charge in [-0.2, -0.15) is 0 Å². The number of hydrogen-bond donors (Lipinski definition) is 1. The molecule has 0 radical (unpaired) electrons. The van der Waals surface area contributed by atoms with E-state index in [1.807, 2.05) is 12.1 Å². The van der Waals surface area contributed by atoms with Crippen LogP contribution in [0.3, 0.4) is 0 Å². The summed E-state index contributed by atoms with van der Waals surface area (Å²) in [6, 6.07) is 8.82. The van der Waals surface area contributed by atoms with Crippen molar-refractivity contribution in [3.63, 3.8) is 0 Å². The highest BCUT2D eigenvalue weighted by Crippen LogP contribution is 2.30. The summed E-state index contributed by atoms with van der Waals surface area (Å²) in [5.41, 5.74) is 6.80. The van der Waals surface area contributed by atoms with Crippen LogP contribution >= 0.6 is 0 Å². The molecule has 1 aliphatic heterocycles. The predicted molar refractivity (Wildman–Crippen MR) is 79.9 cm³/mol. The summed E-state index contributed by atoms with van der Waals surface area (Å²) in [6.45, 7) is 4.06. The minimum atomic E-state index is 0.588. The molecule has 4 nitrogen and oxygen atoms in total. The smallest absolute Gasteiger partial charge is 0.142 e. The molecule has 1 aromatic rings. The van der Waals surface area contributed by atoms with Gasteiger partial charge in [0, 0.05) is 39.3 Å². The van der Waals surface area contributed by atoms with Crippen LogP contribution < -0.4 is 15.4 Å². The number of piperidine rings is 1. The molecule has 0 unspecified atom stereocenters. The summed E-state index contributed by atoms with van der Waals surface area (Å²) in [4.78, 5) is 4.81. The van der Waals surface area contributed by atoms with E-state index >= 15 is 0 Å². The van der Waals surface area contributed by atoms with E-state index in [1.54, 1.807) is 7.11 Å². The van der Waals surface area contributed by atoms with Gasteiger partial charge in [-0.3, -0.25) is 0 Å². The number of methoxy groups -OCH3 is 1. The van der Waals surface area contributed by atoms with Crippen LogP contribution in [0.2, 0.25) is 0 Å².